The van der Waals surface area contributed by atoms with Crippen molar-refractivity contribution >= 4 is 38.4 Å². The molecule has 3 aromatic rings. The number of carbonyl (C=O) groups excluding carboxylic acids is 1. The molecule has 1 aromatic heterocycles. The Hall–Kier alpha value is -3.33. The summed E-state index contributed by atoms with van der Waals surface area (Å²) in [6.07, 6.45) is 4.80. The zero-order valence-electron chi connectivity index (χ0n) is 15.9. The maximum Gasteiger partial charge on any atom is 0.247 e. The molecule has 0 spiro atoms. The van der Waals surface area contributed by atoms with Gasteiger partial charge in [0.2, 0.25) is 15.9 Å². The van der Waals surface area contributed by atoms with E-state index in [4.69, 9.17) is 0 Å². The van der Waals surface area contributed by atoms with Crippen LogP contribution in [-0.4, -0.2) is 40.7 Å². The molecule has 1 N–H and O–H groups in total. The number of amides is 1. The first-order valence-corrected chi connectivity index (χ1v) is 10.8. The molecule has 0 radical (unpaired) electrons. The summed E-state index contributed by atoms with van der Waals surface area (Å²) >= 11 is 0. The second-order valence-electron chi connectivity index (χ2n) is 6.87. The van der Waals surface area contributed by atoms with Gasteiger partial charge in [0.25, 0.3) is 0 Å². The van der Waals surface area contributed by atoms with Gasteiger partial charge in [-0.15, -0.1) is 0 Å². The largest absolute Gasteiger partial charge is 0.326 e. The summed E-state index contributed by atoms with van der Waals surface area (Å²) in [5.74, 6) is -0.154. The second-order valence-corrected chi connectivity index (χ2v) is 8.71. The van der Waals surface area contributed by atoms with Crippen LogP contribution in [0.5, 0.6) is 0 Å². The molecule has 0 bridgehead atoms. The van der Waals surface area contributed by atoms with E-state index < -0.39 is 16.1 Å². The van der Waals surface area contributed by atoms with Crippen molar-refractivity contribution in [1.29, 1.82) is 0 Å². The van der Waals surface area contributed by atoms with Crippen molar-refractivity contribution in [3.05, 3.63) is 66.0 Å². The minimum Gasteiger partial charge on any atom is -0.326 e. The second kappa shape index (κ2) is 7.25. The van der Waals surface area contributed by atoms with Gasteiger partial charge in [-0.1, -0.05) is 18.2 Å². The molecule has 1 aliphatic rings. The molecule has 0 saturated carbocycles. The van der Waals surface area contributed by atoms with Crippen LogP contribution in [0.2, 0.25) is 0 Å². The van der Waals surface area contributed by atoms with Crippen LogP contribution < -0.4 is 5.32 Å². The molecule has 1 aliphatic heterocycles. The van der Waals surface area contributed by atoms with Crippen LogP contribution in [0.4, 0.5) is 5.69 Å². The fourth-order valence-corrected chi connectivity index (χ4v) is 4.26. The van der Waals surface area contributed by atoms with Gasteiger partial charge >= 0.3 is 0 Å². The minimum atomic E-state index is -3.57. The maximum atomic E-state index is 12.4. The molecule has 2 heterocycles. The van der Waals surface area contributed by atoms with Crippen molar-refractivity contribution < 1.29 is 13.2 Å². The Labute approximate surface area is 168 Å². The summed E-state index contributed by atoms with van der Waals surface area (Å²) in [7, 11) is -3.57. The molecule has 4 rings (SSSR count). The summed E-state index contributed by atoms with van der Waals surface area (Å²) in [5, 5.41) is 7.11. The lowest BCUT2D eigenvalue weighted by molar-refractivity contribution is -0.114. The molecule has 0 aliphatic carbocycles. The van der Waals surface area contributed by atoms with Crippen LogP contribution in [0.15, 0.2) is 60.0 Å². The fraction of sp³-hybridized carbons (Fsp3) is 0.200. The van der Waals surface area contributed by atoms with E-state index in [1.165, 1.54) is 6.92 Å². The number of sulfonamides is 1. The van der Waals surface area contributed by atoms with Gasteiger partial charge in [0.05, 0.1) is 29.0 Å². The SMILES string of the molecule is CC(=O)Nc1ccc(C2=NN(S(C)(=O)=O)[C@H](c3ccc4nccnc4c3)C2)cc1. The van der Waals surface area contributed by atoms with Crippen LogP contribution in [0.3, 0.4) is 0 Å². The Balaban J connectivity index is 1.68. The highest BCUT2D eigenvalue weighted by Gasteiger charge is 2.34. The lowest BCUT2D eigenvalue weighted by Crippen LogP contribution is -2.25. The number of anilines is 1. The summed E-state index contributed by atoms with van der Waals surface area (Å²) in [6.45, 7) is 1.44. The predicted molar refractivity (Wildman–Crippen MR) is 111 cm³/mol. The molecule has 148 valence electrons. The minimum absolute atomic E-state index is 0.154. The summed E-state index contributed by atoms with van der Waals surface area (Å²) in [5.41, 5.74) is 4.38. The Morgan fingerprint density at radius 2 is 1.76 bits per heavy atom. The summed E-state index contributed by atoms with van der Waals surface area (Å²) in [4.78, 5) is 19.7. The van der Waals surface area contributed by atoms with Crippen LogP contribution in [0.1, 0.15) is 30.5 Å². The molecular formula is C20H19N5O3S. The first-order valence-electron chi connectivity index (χ1n) is 8.97. The van der Waals surface area contributed by atoms with Crippen molar-refractivity contribution in [2.45, 2.75) is 19.4 Å². The number of benzene rings is 2. The number of hydrogen-bond acceptors (Lipinski definition) is 6. The standard InChI is InChI=1S/C20H19N5O3S/c1-13(26)23-16-6-3-14(4-7-16)18-12-20(25(24-18)29(2,27)28)15-5-8-17-19(11-15)22-10-9-21-17/h3-11,20H,12H2,1-2H3,(H,23,26)/t20-/m0/s1. The zero-order valence-corrected chi connectivity index (χ0v) is 16.7. The van der Waals surface area contributed by atoms with Gasteiger partial charge < -0.3 is 5.32 Å². The molecule has 9 heteroatoms. The van der Waals surface area contributed by atoms with E-state index in [2.05, 4.69) is 20.4 Å². The lowest BCUT2D eigenvalue weighted by Gasteiger charge is -2.21. The van der Waals surface area contributed by atoms with Gasteiger partial charge in [-0.25, -0.2) is 8.42 Å². The highest BCUT2D eigenvalue weighted by atomic mass is 32.2. The van der Waals surface area contributed by atoms with Crippen molar-refractivity contribution in [2.24, 2.45) is 5.10 Å². The normalized spacial score (nSPS) is 16.7. The highest BCUT2D eigenvalue weighted by molar-refractivity contribution is 7.88. The molecule has 0 saturated heterocycles. The van der Waals surface area contributed by atoms with E-state index in [0.717, 1.165) is 27.3 Å². The molecule has 0 fully saturated rings. The molecule has 8 nitrogen and oxygen atoms in total. The number of nitrogens with zero attached hydrogens (tertiary/aromatic N) is 4. The summed E-state index contributed by atoms with van der Waals surface area (Å²) < 4.78 is 25.9. The fourth-order valence-electron chi connectivity index (χ4n) is 3.35. The van der Waals surface area contributed by atoms with Crippen molar-refractivity contribution in [3.63, 3.8) is 0 Å². The van der Waals surface area contributed by atoms with Gasteiger partial charge in [0.15, 0.2) is 0 Å². The number of nitrogens with one attached hydrogen (secondary N) is 1. The Morgan fingerprint density at radius 1 is 1.07 bits per heavy atom. The molecule has 2 aromatic carbocycles. The Morgan fingerprint density at radius 3 is 2.41 bits per heavy atom. The number of aromatic nitrogens is 2. The number of rotatable bonds is 4. The Kier molecular flexibility index (Phi) is 4.75. The van der Waals surface area contributed by atoms with E-state index in [1.54, 1.807) is 24.5 Å². The van der Waals surface area contributed by atoms with Crippen molar-refractivity contribution in [2.75, 3.05) is 11.6 Å². The van der Waals surface area contributed by atoms with Gasteiger partial charge in [-0.3, -0.25) is 14.8 Å². The van der Waals surface area contributed by atoms with Crippen molar-refractivity contribution in [1.82, 2.24) is 14.4 Å². The third-order valence-electron chi connectivity index (χ3n) is 4.63. The van der Waals surface area contributed by atoms with E-state index in [9.17, 15) is 13.2 Å². The first-order chi connectivity index (χ1) is 13.8. The van der Waals surface area contributed by atoms with E-state index in [-0.39, 0.29) is 5.91 Å². The third-order valence-corrected chi connectivity index (χ3v) is 5.64. The van der Waals surface area contributed by atoms with Crippen LogP contribution >= 0.6 is 0 Å². The van der Waals surface area contributed by atoms with E-state index in [0.29, 0.717) is 23.3 Å². The first kappa shape index (κ1) is 19.0. The topological polar surface area (TPSA) is 105 Å². The number of carbonyl (C=O) groups is 1. The molecule has 29 heavy (non-hydrogen) atoms. The predicted octanol–water partition coefficient (Wildman–Crippen LogP) is 2.70. The number of fused-ring (bicyclic) bond motifs is 1. The van der Waals surface area contributed by atoms with Gasteiger partial charge in [-0.05, 0) is 35.4 Å². The summed E-state index contributed by atoms with van der Waals surface area (Å²) in [6, 6.07) is 12.3. The maximum absolute atomic E-state index is 12.4. The van der Waals surface area contributed by atoms with Crippen LogP contribution in [0.25, 0.3) is 11.0 Å². The molecular weight excluding hydrogens is 390 g/mol. The highest BCUT2D eigenvalue weighted by Crippen LogP contribution is 2.35. The smallest absolute Gasteiger partial charge is 0.247 e. The average molecular weight is 409 g/mol. The van der Waals surface area contributed by atoms with Gasteiger partial charge in [0.1, 0.15) is 0 Å². The molecule has 1 amide bonds. The van der Waals surface area contributed by atoms with Crippen LogP contribution in [0, 0.1) is 0 Å². The average Bonchev–Trinajstić information content (AvgIpc) is 3.14. The lowest BCUT2D eigenvalue weighted by atomic mass is 9.98. The quantitative estimate of drug-likeness (QED) is 0.713. The Bertz CT molecular complexity index is 1220. The van der Waals surface area contributed by atoms with E-state index >= 15 is 0 Å². The number of hydrazone groups is 1. The molecule has 0 unspecified atom stereocenters. The molecule has 1 atom stereocenters. The monoisotopic (exact) mass is 409 g/mol. The van der Waals surface area contributed by atoms with Gasteiger partial charge in [0, 0.05) is 31.4 Å². The zero-order chi connectivity index (χ0) is 20.6. The third kappa shape index (κ3) is 3.95. The van der Waals surface area contributed by atoms with Crippen LogP contribution in [-0.2, 0) is 14.8 Å². The van der Waals surface area contributed by atoms with E-state index in [1.807, 2.05) is 30.3 Å². The van der Waals surface area contributed by atoms with Gasteiger partial charge in [-0.2, -0.15) is 9.52 Å². The van der Waals surface area contributed by atoms with Crippen molar-refractivity contribution in [3.8, 4) is 0 Å². The number of hydrogen-bond donors (Lipinski definition) is 1.